The molecule has 0 spiro atoms. The molecule has 3 aromatic rings. The number of nitrogens with zero attached hydrogens (tertiary/aromatic N) is 3. The van der Waals surface area contributed by atoms with Crippen molar-refractivity contribution >= 4 is 34.6 Å². The van der Waals surface area contributed by atoms with E-state index in [0.717, 1.165) is 22.3 Å². The Hall–Kier alpha value is -1.73. The van der Waals surface area contributed by atoms with E-state index in [-0.39, 0.29) is 5.56 Å². The van der Waals surface area contributed by atoms with Crippen LogP contribution in [0.3, 0.4) is 0 Å². The van der Waals surface area contributed by atoms with Crippen LogP contribution in [-0.2, 0) is 0 Å². The van der Waals surface area contributed by atoms with Crippen LogP contribution in [0.5, 0.6) is 0 Å². The van der Waals surface area contributed by atoms with Crippen LogP contribution in [0, 0.1) is 6.92 Å². The van der Waals surface area contributed by atoms with E-state index >= 15 is 0 Å². The van der Waals surface area contributed by atoms with Crippen LogP contribution >= 0.6 is 23.5 Å². The Bertz CT molecular complexity index is 885. The molecule has 0 radical (unpaired) electrons. The lowest BCUT2D eigenvalue weighted by molar-refractivity contribution is 0.585. The first-order chi connectivity index (χ1) is 10.7. The molecule has 0 saturated heterocycles. The van der Waals surface area contributed by atoms with Gasteiger partial charge in [-0.1, -0.05) is 29.5 Å². The van der Waals surface area contributed by atoms with Gasteiger partial charge in [-0.3, -0.25) is 9.89 Å². The second kappa shape index (κ2) is 5.48. The summed E-state index contributed by atoms with van der Waals surface area (Å²) in [6, 6.07) is 8.87. The van der Waals surface area contributed by atoms with E-state index in [1.165, 1.54) is 10.5 Å². The Kier molecular flexibility index (Phi) is 3.46. The van der Waals surface area contributed by atoms with Crippen molar-refractivity contribution in [3.8, 4) is 0 Å². The first-order valence-electron chi connectivity index (χ1n) is 7.00. The quantitative estimate of drug-likeness (QED) is 0.591. The van der Waals surface area contributed by atoms with Crippen molar-refractivity contribution < 1.29 is 0 Å². The Morgan fingerprint density at radius 3 is 3.05 bits per heavy atom. The SMILES string of the molecule is Cc1ccc(SC[C@H]2CSc3nc(=O)c4cn[nH]c4n32)cc1. The van der Waals surface area contributed by atoms with Gasteiger partial charge in [0.25, 0.3) is 5.56 Å². The third kappa shape index (κ3) is 2.34. The van der Waals surface area contributed by atoms with Gasteiger partial charge < -0.3 is 4.57 Å². The molecule has 112 valence electrons. The van der Waals surface area contributed by atoms with Crippen LogP contribution in [0.4, 0.5) is 0 Å². The minimum atomic E-state index is -0.200. The molecule has 22 heavy (non-hydrogen) atoms. The lowest BCUT2D eigenvalue weighted by atomic mass is 10.2. The Morgan fingerprint density at radius 1 is 1.41 bits per heavy atom. The number of aromatic nitrogens is 4. The highest BCUT2D eigenvalue weighted by molar-refractivity contribution is 8.00. The highest BCUT2D eigenvalue weighted by atomic mass is 32.2. The third-order valence-electron chi connectivity index (χ3n) is 3.73. The molecule has 0 aliphatic carbocycles. The Labute approximate surface area is 135 Å². The van der Waals surface area contributed by atoms with Crippen molar-refractivity contribution in [1.82, 2.24) is 19.7 Å². The molecular weight excluding hydrogens is 316 g/mol. The second-order valence-electron chi connectivity index (χ2n) is 5.29. The summed E-state index contributed by atoms with van der Waals surface area (Å²) in [6.07, 6.45) is 1.56. The van der Waals surface area contributed by atoms with Gasteiger partial charge in [-0.05, 0) is 19.1 Å². The van der Waals surface area contributed by atoms with Gasteiger partial charge in [0.1, 0.15) is 11.0 Å². The fourth-order valence-electron chi connectivity index (χ4n) is 2.55. The first-order valence-corrected chi connectivity index (χ1v) is 8.97. The van der Waals surface area contributed by atoms with Crippen molar-refractivity contribution in [1.29, 1.82) is 0 Å². The van der Waals surface area contributed by atoms with Gasteiger partial charge in [0.05, 0.1) is 12.2 Å². The summed E-state index contributed by atoms with van der Waals surface area (Å²) in [5, 5.41) is 8.30. The van der Waals surface area contributed by atoms with Crippen LogP contribution in [-0.4, -0.2) is 31.3 Å². The lowest BCUT2D eigenvalue weighted by Gasteiger charge is -2.14. The van der Waals surface area contributed by atoms with E-state index in [2.05, 4.69) is 50.9 Å². The molecule has 0 saturated carbocycles. The van der Waals surface area contributed by atoms with Crippen molar-refractivity contribution in [2.75, 3.05) is 11.5 Å². The number of fused-ring (bicyclic) bond motifs is 3. The summed E-state index contributed by atoms with van der Waals surface area (Å²) in [6.45, 7) is 2.09. The molecular formula is C15H14N4OS2. The van der Waals surface area contributed by atoms with Crippen molar-refractivity contribution in [2.45, 2.75) is 23.0 Å². The van der Waals surface area contributed by atoms with Gasteiger partial charge in [0, 0.05) is 16.4 Å². The van der Waals surface area contributed by atoms with E-state index in [1.54, 1.807) is 18.0 Å². The second-order valence-corrected chi connectivity index (χ2v) is 7.37. The van der Waals surface area contributed by atoms with E-state index in [0.29, 0.717) is 11.4 Å². The summed E-state index contributed by atoms with van der Waals surface area (Å²) in [5.74, 6) is 1.88. The van der Waals surface area contributed by atoms with Crippen LogP contribution < -0.4 is 5.56 Å². The average Bonchev–Trinajstić information content (AvgIpc) is 3.13. The standard InChI is InChI=1S/C15H14N4OS2/c1-9-2-4-11(5-3-9)21-7-10-8-22-15-17-14(20)12-6-16-18-13(12)19(10)15/h2-6,10H,7-8H2,1H3,(H,16,18)/t10-/m0/s1. The summed E-state index contributed by atoms with van der Waals surface area (Å²) in [5.41, 5.74) is 1.86. The van der Waals surface area contributed by atoms with Crippen molar-refractivity contribution in [3.05, 3.63) is 46.4 Å². The van der Waals surface area contributed by atoms with Crippen LogP contribution in [0.1, 0.15) is 11.6 Å². The predicted molar refractivity (Wildman–Crippen MR) is 89.8 cm³/mol. The molecule has 7 heteroatoms. The molecule has 4 rings (SSSR count). The molecule has 0 bridgehead atoms. The van der Waals surface area contributed by atoms with E-state index < -0.39 is 0 Å². The third-order valence-corrected chi connectivity index (χ3v) is 5.98. The fraction of sp³-hybridized carbons (Fsp3) is 0.267. The molecule has 5 nitrogen and oxygen atoms in total. The number of hydrogen-bond acceptors (Lipinski definition) is 5. The summed E-state index contributed by atoms with van der Waals surface area (Å²) >= 11 is 3.47. The zero-order valence-corrected chi connectivity index (χ0v) is 13.6. The summed E-state index contributed by atoms with van der Waals surface area (Å²) in [4.78, 5) is 17.3. The van der Waals surface area contributed by atoms with Gasteiger partial charge >= 0.3 is 0 Å². The van der Waals surface area contributed by atoms with Crippen LogP contribution in [0.25, 0.3) is 11.0 Å². The number of aromatic amines is 1. The molecule has 1 aromatic carbocycles. The summed E-state index contributed by atoms with van der Waals surface area (Å²) in [7, 11) is 0. The molecule has 0 amide bonds. The van der Waals surface area contributed by atoms with Gasteiger partial charge in [-0.2, -0.15) is 10.1 Å². The number of thioether (sulfide) groups is 2. The predicted octanol–water partition coefficient (Wildman–Crippen LogP) is 2.87. The number of H-pyrrole nitrogens is 1. The highest BCUT2D eigenvalue weighted by Gasteiger charge is 2.26. The number of aryl methyl sites for hydroxylation is 1. The molecule has 3 heterocycles. The normalized spacial score (nSPS) is 17.0. The number of rotatable bonds is 3. The highest BCUT2D eigenvalue weighted by Crippen LogP contribution is 2.36. The largest absolute Gasteiger partial charge is 0.300 e. The molecule has 1 aliphatic rings. The van der Waals surface area contributed by atoms with Crippen molar-refractivity contribution in [2.24, 2.45) is 0 Å². The van der Waals surface area contributed by atoms with Gasteiger partial charge in [0.15, 0.2) is 5.16 Å². The smallest absolute Gasteiger partial charge is 0.284 e. The van der Waals surface area contributed by atoms with E-state index in [1.807, 2.05) is 11.8 Å². The maximum Gasteiger partial charge on any atom is 0.284 e. The molecule has 1 N–H and O–H groups in total. The minimum absolute atomic E-state index is 0.200. The van der Waals surface area contributed by atoms with E-state index in [9.17, 15) is 4.79 Å². The van der Waals surface area contributed by atoms with Gasteiger partial charge in [-0.25, -0.2) is 0 Å². The van der Waals surface area contributed by atoms with Gasteiger partial charge in [0.2, 0.25) is 0 Å². The fourth-order valence-corrected chi connectivity index (χ4v) is 4.82. The first kappa shape index (κ1) is 13.9. The number of benzene rings is 1. The average molecular weight is 330 g/mol. The zero-order chi connectivity index (χ0) is 15.1. The number of nitrogens with one attached hydrogen (secondary N) is 1. The Morgan fingerprint density at radius 2 is 2.23 bits per heavy atom. The molecule has 0 fully saturated rings. The van der Waals surface area contributed by atoms with Crippen LogP contribution in [0.15, 0.2) is 45.3 Å². The van der Waals surface area contributed by atoms with Gasteiger partial charge in [-0.15, -0.1) is 11.8 Å². The lowest BCUT2D eigenvalue weighted by Crippen LogP contribution is -2.17. The van der Waals surface area contributed by atoms with E-state index in [4.69, 9.17) is 0 Å². The maximum absolute atomic E-state index is 11.9. The minimum Gasteiger partial charge on any atom is -0.300 e. The summed E-state index contributed by atoms with van der Waals surface area (Å²) < 4.78 is 2.12. The zero-order valence-electron chi connectivity index (χ0n) is 11.9. The van der Waals surface area contributed by atoms with Crippen molar-refractivity contribution in [3.63, 3.8) is 0 Å². The Balaban J connectivity index is 1.63. The molecule has 0 unspecified atom stereocenters. The monoisotopic (exact) mass is 330 g/mol. The topological polar surface area (TPSA) is 63.6 Å². The molecule has 1 atom stereocenters. The molecule has 2 aromatic heterocycles. The number of hydrogen-bond donors (Lipinski definition) is 1. The van der Waals surface area contributed by atoms with Crippen LogP contribution in [0.2, 0.25) is 0 Å². The molecule has 1 aliphatic heterocycles. The maximum atomic E-state index is 11.9.